The van der Waals surface area contributed by atoms with Gasteiger partial charge in [-0.1, -0.05) is 6.92 Å². The molecule has 2 aliphatic rings. The van der Waals surface area contributed by atoms with Crippen LogP contribution in [-0.4, -0.2) is 63.3 Å². The molecule has 0 aromatic rings. The van der Waals surface area contributed by atoms with Crippen LogP contribution in [0.1, 0.15) is 32.6 Å². The molecule has 2 aliphatic heterocycles. The van der Waals surface area contributed by atoms with Crippen LogP contribution in [0.4, 0.5) is 0 Å². The molecule has 1 amide bonds. The van der Waals surface area contributed by atoms with E-state index in [1.165, 1.54) is 0 Å². The van der Waals surface area contributed by atoms with Crippen molar-refractivity contribution in [2.24, 2.45) is 5.41 Å². The molecule has 5 nitrogen and oxygen atoms in total. The summed E-state index contributed by atoms with van der Waals surface area (Å²) in [5.74, 6) is 0.245. The van der Waals surface area contributed by atoms with Gasteiger partial charge in [-0.25, -0.2) is 0 Å². The van der Waals surface area contributed by atoms with Crippen LogP contribution in [0, 0.1) is 5.41 Å². The molecule has 0 aromatic carbocycles. The molecule has 0 saturated carbocycles. The summed E-state index contributed by atoms with van der Waals surface area (Å²) in [7, 11) is 0. The highest BCUT2D eigenvalue weighted by Crippen LogP contribution is 2.30. The van der Waals surface area contributed by atoms with Crippen LogP contribution < -0.4 is 10.6 Å². The van der Waals surface area contributed by atoms with E-state index in [0.29, 0.717) is 0 Å². The molecule has 2 saturated heterocycles. The molecule has 0 aromatic heterocycles. The monoisotopic (exact) mass is 283 g/mol. The maximum atomic E-state index is 12.4. The number of piperidine rings is 1. The fourth-order valence-corrected chi connectivity index (χ4v) is 3.14. The van der Waals surface area contributed by atoms with Crippen molar-refractivity contribution in [3.05, 3.63) is 0 Å². The van der Waals surface area contributed by atoms with Crippen molar-refractivity contribution in [1.29, 1.82) is 0 Å². The Bertz CT molecular complexity index is 297. The molecule has 0 radical (unpaired) electrons. The molecule has 1 atom stereocenters. The standard InChI is InChI=1S/C15H29N3O2/c1-2-15(5-3-6-16-13-15)14(19)17-7-4-8-18-9-11-20-12-10-18/h16H,2-13H2,1H3,(H,17,19). The molecule has 2 fully saturated rings. The molecule has 5 heteroatoms. The van der Waals surface area contributed by atoms with E-state index in [9.17, 15) is 4.79 Å². The van der Waals surface area contributed by atoms with E-state index in [2.05, 4.69) is 22.5 Å². The fraction of sp³-hybridized carbons (Fsp3) is 0.933. The number of hydrogen-bond donors (Lipinski definition) is 2. The van der Waals surface area contributed by atoms with E-state index >= 15 is 0 Å². The number of amides is 1. The molecular formula is C15H29N3O2. The van der Waals surface area contributed by atoms with Gasteiger partial charge in [-0.05, 0) is 38.8 Å². The van der Waals surface area contributed by atoms with Crippen LogP contribution in [0.2, 0.25) is 0 Å². The van der Waals surface area contributed by atoms with Crippen LogP contribution in [-0.2, 0) is 9.53 Å². The zero-order valence-corrected chi connectivity index (χ0v) is 12.7. The van der Waals surface area contributed by atoms with Gasteiger partial charge in [-0.15, -0.1) is 0 Å². The first-order valence-electron chi connectivity index (χ1n) is 8.06. The van der Waals surface area contributed by atoms with Gasteiger partial charge in [0.1, 0.15) is 0 Å². The highest BCUT2D eigenvalue weighted by Gasteiger charge is 2.37. The Morgan fingerprint density at radius 2 is 2.20 bits per heavy atom. The van der Waals surface area contributed by atoms with Crippen molar-refractivity contribution >= 4 is 5.91 Å². The molecule has 116 valence electrons. The predicted molar refractivity (Wildman–Crippen MR) is 79.7 cm³/mol. The SMILES string of the molecule is CCC1(C(=O)NCCCN2CCOCC2)CCCNC1. The zero-order valence-electron chi connectivity index (χ0n) is 12.7. The quantitative estimate of drug-likeness (QED) is 0.701. The topological polar surface area (TPSA) is 53.6 Å². The first kappa shape index (κ1) is 15.7. The van der Waals surface area contributed by atoms with Gasteiger partial charge in [0, 0.05) is 26.2 Å². The number of carbonyl (C=O) groups is 1. The summed E-state index contributed by atoms with van der Waals surface area (Å²) in [6.07, 6.45) is 4.08. The second-order valence-electron chi connectivity index (χ2n) is 5.98. The molecule has 0 aliphatic carbocycles. The van der Waals surface area contributed by atoms with Gasteiger partial charge in [0.25, 0.3) is 0 Å². The molecule has 2 rings (SSSR count). The number of rotatable bonds is 6. The average Bonchev–Trinajstić information content (AvgIpc) is 2.53. The number of hydrogen-bond acceptors (Lipinski definition) is 4. The van der Waals surface area contributed by atoms with Crippen LogP contribution in [0.3, 0.4) is 0 Å². The Morgan fingerprint density at radius 3 is 2.85 bits per heavy atom. The summed E-state index contributed by atoms with van der Waals surface area (Å²) >= 11 is 0. The van der Waals surface area contributed by atoms with Gasteiger partial charge in [-0.3, -0.25) is 9.69 Å². The number of morpholine rings is 1. The number of nitrogens with one attached hydrogen (secondary N) is 2. The van der Waals surface area contributed by atoms with Gasteiger partial charge in [-0.2, -0.15) is 0 Å². The van der Waals surface area contributed by atoms with Crippen LogP contribution in [0.15, 0.2) is 0 Å². The Kier molecular flexibility index (Phi) is 6.26. The lowest BCUT2D eigenvalue weighted by Gasteiger charge is -2.35. The van der Waals surface area contributed by atoms with E-state index in [0.717, 1.165) is 78.2 Å². The third-order valence-electron chi connectivity index (χ3n) is 4.67. The first-order valence-corrected chi connectivity index (χ1v) is 8.06. The average molecular weight is 283 g/mol. The predicted octanol–water partition coefficient (Wildman–Crippen LogP) is 0.605. The van der Waals surface area contributed by atoms with Crippen molar-refractivity contribution in [2.75, 3.05) is 52.5 Å². The zero-order chi connectivity index (χ0) is 14.3. The summed E-state index contributed by atoms with van der Waals surface area (Å²) in [6.45, 7) is 9.59. The van der Waals surface area contributed by atoms with E-state index in [1.807, 2.05) is 0 Å². The summed E-state index contributed by atoms with van der Waals surface area (Å²) in [6, 6.07) is 0. The normalized spacial score (nSPS) is 28.2. The second kappa shape index (κ2) is 7.96. The van der Waals surface area contributed by atoms with E-state index < -0.39 is 0 Å². The molecule has 0 spiro atoms. The van der Waals surface area contributed by atoms with E-state index in [-0.39, 0.29) is 11.3 Å². The van der Waals surface area contributed by atoms with Crippen molar-refractivity contribution in [3.63, 3.8) is 0 Å². The van der Waals surface area contributed by atoms with Gasteiger partial charge in [0.05, 0.1) is 18.6 Å². The second-order valence-corrected chi connectivity index (χ2v) is 5.98. The minimum Gasteiger partial charge on any atom is -0.379 e. The summed E-state index contributed by atoms with van der Waals surface area (Å²) in [4.78, 5) is 14.8. The van der Waals surface area contributed by atoms with Gasteiger partial charge >= 0.3 is 0 Å². The minimum absolute atomic E-state index is 0.169. The molecule has 1 unspecified atom stereocenters. The highest BCUT2D eigenvalue weighted by molar-refractivity contribution is 5.82. The Balaban J connectivity index is 1.65. The Morgan fingerprint density at radius 1 is 1.40 bits per heavy atom. The van der Waals surface area contributed by atoms with Crippen LogP contribution >= 0.6 is 0 Å². The summed E-state index contributed by atoms with van der Waals surface area (Å²) < 4.78 is 5.33. The van der Waals surface area contributed by atoms with Crippen LogP contribution in [0.5, 0.6) is 0 Å². The minimum atomic E-state index is -0.169. The van der Waals surface area contributed by atoms with Crippen molar-refractivity contribution in [2.45, 2.75) is 32.6 Å². The third-order valence-corrected chi connectivity index (χ3v) is 4.67. The third kappa shape index (κ3) is 4.17. The van der Waals surface area contributed by atoms with E-state index in [4.69, 9.17) is 4.74 Å². The lowest BCUT2D eigenvalue weighted by molar-refractivity contribution is -0.132. The molecule has 2 N–H and O–H groups in total. The van der Waals surface area contributed by atoms with E-state index in [1.54, 1.807) is 0 Å². The summed E-state index contributed by atoms with van der Waals surface area (Å²) in [5.41, 5.74) is -0.169. The smallest absolute Gasteiger partial charge is 0.227 e. The first-order chi connectivity index (χ1) is 9.77. The van der Waals surface area contributed by atoms with Gasteiger partial charge < -0.3 is 15.4 Å². The summed E-state index contributed by atoms with van der Waals surface area (Å²) in [5, 5.41) is 6.51. The molecule has 20 heavy (non-hydrogen) atoms. The maximum absolute atomic E-state index is 12.4. The van der Waals surface area contributed by atoms with Crippen molar-refractivity contribution < 1.29 is 9.53 Å². The van der Waals surface area contributed by atoms with Gasteiger partial charge in [0.2, 0.25) is 5.91 Å². The Hall–Kier alpha value is -0.650. The van der Waals surface area contributed by atoms with Crippen molar-refractivity contribution in [1.82, 2.24) is 15.5 Å². The maximum Gasteiger partial charge on any atom is 0.227 e. The molecular weight excluding hydrogens is 254 g/mol. The van der Waals surface area contributed by atoms with Gasteiger partial charge in [0.15, 0.2) is 0 Å². The highest BCUT2D eigenvalue weighted by atomic mass is 16.5. The number of carbonyl (C=O) groups excluding carboxylic acids is 1. The number of nitrogens with zero attached hydrogens (tertiary/aromatic N) is 1. The van der Waals surface area contributed by atoms with Crippen molar-refractivity contribution in [3.8, 4) is 0 Å². The van der Waals surface area contributed by atoms with Crippen LogP contribution in [0.25, 0.3) is 0 Å². The molecule has 0 bridgehead atoms. The lowest BCUT2D eigenvalue weighted by Crippen LogP contribution is -2.50. The lowest BCUT2D eigenvalue weighted by atomic mass is 9.77. The molecule has 2 heterocycles. The number of ether oxygens (including phenoxy) is 1. The Labute approximate surface area is 122 Å². The fourth-order valence-electron chi connectivity index (χ4n) is 3.14. The largest absolute Gasteiger partial charge is 0.379 e.